The maximum Gasteiger partial charge on any atom is 0.310 e. The first-order chi connectivity index (χ1) is 6.12. The van der Waals surface area contributed by atoms with Gasteiger partial charge in [-0.05, 0) is 18.1 Å². The van der Waals surface area contributed by atoms with Gasteiger partial charge in [0.2, 0.25) is 0 Å². The van der Waals surface area contributed by atoms with Crippen molar-refractivity contribution >= 4 is 26.9 Å². The largest absolute Gasteiger partial charge is 0.518 e. The molecular weight excluding hydrogens is 214 g/mol. The van der Waals surface area contributed by atoms with Crippen molar-refractivity contribution in [1.29, 1.82) is 0 Å². The van der Waals surface area contributed by atoms with Crippen molar-refractivity contribution in [2.24, 2.45) is 5.73 Å². The lowest BCUT2D eigenvalue weighted by Crippen LogP contribution is -2.47. The van der Waals surface area contributed by atoms with Gasteiger partial charge in [-0.25, -0.2) is 0 Å². The van der Waals surface area contributed by atoms with Crippen molar-refractivity contribution in [3.63, 3.8) is 0 Å². The smallest absolute Gasteiger partial charge is 0.310 e. The number of carbonyl (C=O) groups excluding carboxylic acids is 1. The Morgan fingerprint density at radius 2 is 1.93 bits per heavy atom. The van der Waals surface area contributed by atoms with Crippen LogP contribution in [0.3, 0.4) is 0 Å². The molecule has 0 aliphatic rings. The zero-order valence-electron chi connectivity index (χ0n) is 9.63. The van der Waals surface area contributed by atoms with Gasteiger partial charge in [0, 0.05) is 5.75 Å². The molecule has 0 aromatic rings. The van der Waals surface area contributed by atoms with Gasteiger partial charge in [0.15, 0.2) is 0 Å². The van der Waals surface area contributed by atoms with Crippen LogP contribution in [0.25, 0.3) is 0 Å². The number of thiol groups is 1. The van der Waals surface area contributed by atoms with E-state index in [0.29, 0.717) is 5.75 Å². The molecule has 0 fully saturated rings. The summed E-state index contributed by atoms with van der Waals surface area (Å²) in [4.78, 5) is 11.5. The van der Waals surface area contributed by atoms with E-state index in [1.165, 1.54) is 0 Å². The van der Waals surface area contributed by atoms with Crippen molar-refractivity contribution in [2.75, 3.05) is 5.75 Å². The zero-order chi connectivity index (χ0) is 11.6. The van der Waals surface area contributed by atoms with Crippen LogP contribution in [0.4, 0.5) is 0 Å². The highest BCUT2D eigenvalue weighted by atomic mass is 32.1. The third-order valence-corrected chi connectivity index (χ3v) is 7.38. The molecule has 1 atom stereocenters. The monoisotopic (exact) mass is 235 g/mol. The molecule has 0 aromatic heterocycles. The standard InChI is InChI=1S/C9H21NO2SSi/c1-9(2,3)14(4,5)12-8(11)7(10)6-13/h7,13H,6,10H2,1-5H3/t7-/m0/s1. The maximum absolute atomic E-state index is 11.5. The van der Waals surface area contributed by atoms with Crippen LogP contribution in [0.1, 0.15) is 20.8 Å². The second-order valence-electron chi connectivity index (χ2n) is 4.97. The maximum atomic E-state index is 11.5. The van der Waals surface area contributed by atoms with Gasteiger partial charge in [-0.1, -0.05) is 20.8 Å². The molecule has 0 aromatic carbocycles. The summed E-state index contributed by atoms with van der Waals surface area (Å²) in [6.45, 7) is 10.3. The average Bonchev–Trinajstić information content (AvgIpc) is 2.00. The normalized spacial score (nSPS) is 15.1. The summed E-state index contributed by atoms with van der Waals surface area (Å²) in [5.74, 6) is -0.000388. The highest BCUT2D eigenvalue weighted by molar-refractivity contribution is 7.80. The first-order valence-electron chi connectivity index (χ1n) is 4.71. The Bertz CT molecular complexity index is 213. The molecule has 0 saturated carbocycles. The molecule has 0 heterocycles. The van der Waals surface area contributed by atoms with E-state index in [-0.39, 0.29) is 11.0 Å². The molecule has 5 heteroatoms. The predicted molar refractivity (Wildman–Crippen MR) is 65.1 cm³/mol. The number of rotatable bonds is 3. The van der Waals surface area contributed by atoms with E-state index in [4.69, 9.17) is 10.2 Å². The lowest BCUT2D eigenvalue weighted by molar-refractivity contribution is -0.136. The molecule has 0 bridgehead atoms. The Kier molecular flexibility index (Phi) is 4.68. The van der Waals surface area contributed by atoms with Crippen molar-refractivity contribution in [2.45, 2.75) is 44.9 Å². The quantitative estimate of drug-likeness (QED) is 0.579. The highest BCUT2D eigenvalue weighted by Gasteiger charge is 2.41. The molecule has 14 heavy (non-hydrogen) atoms. The van der Waals surface area contributed by atoms with Crippen LogP contribution in [0.5, 0.6) is 0 Å². The minimum absolute atomic E-state index is 0.0268. The van der Waals surface area contributed by atoms with Gasteiger partial charge in [-0.3, -0.25) is 4.79 Å². The molecule has 0 spiro atoms. The van der Waals surface area contributed by atoms with Crippen molar-refractivity contribution in [3.05, 3.63) is 0 Å². The topological polar surface area (TPSA) is 52.3 Å². The second-order valence-corrected chi connectivity index (χ2v) is 10.1. The summed E-state index contributed by atoms with van der Waals surface area (Å²) in [6, 6.07) is -0.604. The van der Waals surface area contributed by atoms with Crippen LogP contribution in [0.15, 0.2) is 0 Å². The van der Waals surface area contributed by atoms with Crippen molar-refractivity contribution in [1.82, 2.24) is 0 Å². The van der Waals surface area contributed by atoms with Gasteiger partial charge in [-0.2, -0.15) is 12.6 Å². The van der Waals surface area contributed by atoms with E-state index < -0.39 is 14.4 Å². The van der Waals surface area contributed by atoms with Crippen LogP contribution in [0, 0.1) is 0 Å². The summed E-state index contributed by atoms with van der Waals surface area (Å²) in [5.41, 5.74) is 5.54. The van der Waals surface area contributed by atoms with Crippen LogP contribution < -0.4 is 5.73 Å². The van der Waals surface area contributed by atoms with Gasteiger partial charge in [-0.15, -0.1) is 0 Å². The van der Waals surface area contributed by atoms with E-state index in [0.717, 1.165) is 0 Å². The number of hydrogen-bond donors (Lipinski definition) is 2. The average molecular weight is 235 g/mol. The Hall–Kier alpha value is -0.00312. The van der Waals surface area contributed by atoms with E-state index in [9.17, 15) is 4.79 Å². The van der Waals surface area contributed by atoms with E-state index in [2.05, 4.69) is 33.4 Å². The van der Waals surface area contributed by atoms with Crippen LogP contribution in [-0.4, -0.2) is 26.1 Å². The third kappa shape index (κ3) is 3.63. The van der Waals surface area contributed by atoms with Gasteiger partial charge in [0.25, 0.3) is 8.32 Å². The fraction of sp³-hybridized carbons (Fsp3) is 0.889. The fourth-order valence-electron chi connectivity index (χ4n) is 0.555. The second kappa shape index (κ2) is 4.68. The minimum atomic E-state index is -2.01. The number of nitrogens with two attached hydrogens (primary N) is 1. The molecule has 3 nitrogen and oxygen atoms in total. The molecule has 0 saturated heterocycles. The lowest BCUT2D eigenvalue weighted by atomic mass is 10.2. The summed E-state index contributed by atoms with van der Waals surface area (Å²) in [5, 5.41) is 0.0268. The molecule has 0 amide bonds. The SMILES string of the molecule is CC(C)(C)[Si](C)(C)OC(=O)[C@@H](N)CS. The summed E-state index contributed by atoms with van der Waals surface area (Å²) in [6.07, 6.45) is 0. The molecule has 0 unspecified atom stereocenters. The Balaban J connectivity index is 4.45. The summed E-state index contributed by atoms with van der Waals surface area (Å²) < 4.78 is 5.48. The first-order valence-corrected chi connectivity index (χ1v) is 8.25. The Morgan fingerprint density at radius 3 is 2.21 bits per heavy atom. The highest BCUT2D eigenvalue weighted by Crippen LogP contribution is 2.36. The van der Waals surface area contributed by atoms with Gasteiger partial charge < -0.3 is 10.2 Å². The molecule has 0 rings (SSSR count). The molecule has 0 aliphatic heterocycles. The van der Waals surface area contributed by atoms with Crippen molar-refractivity contribution < 1.29 is 9.22 Å². The number of carbonyl (C=O) groups is 1. The lowest BCUT2D eigenvalue weighted by Gasteiger charge is -2.36. The molecular formula is C9H21NO2SSi. The fourth-order valence-corrected chi connectivity index (χ4v) is 1.66. The zero-order valence-corrected chi connectivity index (χ0v) is 11.5. The third-order valence-electron chi connectivity index (χ3n) is 2.66. The van der Waals surface area contributed by atoms with Crippen LogP contribution in [-0.2, 0) is 9.22 Å². The Labute approximate surface area is 92.9 Å². The van der Waals surface area contributed by atoms with Crippen molar-refractivity contribution in [3.8, 4) is 0 Å². The van der Waals surface area contributed by atoms with E-state index in [1.54, 1.807) is 0 Å². The van der Waals surface area contributed by atoms with Gasteiger partial charge >= 0.3 is 5.97 Å². The van der Waals surface area contributed by atoms with Gasteiger partial charge in [0.1, 0.15) is 6.04 Å². The molecule has 0 aliphatic carbocycles. The van der Waals surface area contributed by atoms with Crippen LogP contribution >= 0.6 is 12.6 Å². The first kappa shape index (κ1) is 14.0. The molecule has 2 N–H and O–H groups in total. The van der Waals surface area contributed by atoms with E-state index in [1.807, 2.05) is 13.1 Å². The predicted octanol–water partition coefficient (Wildman–Crippen LogP) is 1.79. The molecule has 0 radical (unpaired) electrons. The Morgan fingerprint density at radius 1 is 1.50 bits per heavy atom. The van der Waals surface area contributed by atoms with E-state index >= 15 is 0 Å². The summed E-state index contributed by atoms with van der Waals surface area (Å²) in [7, 11) is -2.01. The minimum Gasteiger partial charge on any atom is -0.518 e. The van der Waals surface area contributed by atoms with Gasteiger partial charge in [0.05, 0.1) is 0 Å². The summed E-state index contributed by atoms with van der Waals surface area (Å²) >= 11 is 3.97. The van der Waals surface area contributed by atoms with Crippen LogP contribution in [0.2, 0.25) is 18.1 Å². The number of hydrogen-bond acceptors (Lipinski definition) is 4. The molecule has 84 valence electrons.